The van der Waals surface area contributed by atoms with E-state index in [1.54, 1.807) is 0 Å². The van der Waals surface area contributed by atoms with Gasteiger partial charge in [-0.25, -0.2) is 0 Å². The van der Waals surface area contributed by atoms with Crippen LogP contribution < -0.4 is 16.2 Å². The molecule has 3 N–H and O–H groups in total. The second kappa shape index (κ2) is 7.41. The maximum absolute atomic E-state index is 11.9. The molecule has 1 fully saturated rings. The lowest BCUT2D eigenvalue weighted by Gasteiger charge is -2.16. The molecule has 114 valence electrons. The molecular formula is C16H23N3OS. The number of nitrogens with one attached hydrogen (secondary N) is 3. The normalized spacial score (nSPS) is 14.8. The molecule has 0 aromatic heterocycles. The first-order valence-electron chi connectivity index (χ1n) is 7.46. The summed E-state index contributed by atoms with van der Waals surface area (Å²) in [6.07, 6.45) is 5.15. The van der Waals surface area contributed by atoms with Crippen LogP contribution in [0.2, 0.25) is 0 Å². The number of amides is 1. The Labute approximate surface area is 131 Å². The number of benzene rings is 1. The molecule has 1 aliphatic rings. The summed E-state index contributed by atoms with van der Waals surface area (Å²) < 4.78 is 0. The number of carbonyl (C=O) groups is 1. The van der Waals surface area contributed by atoms with Crippen LogP contribution in [0.4, 0.5) is 0 Å². The van der Waals surface area contributed by atoms with E-state index >= 15 is 0 Å². The lowest BCUT2D eigenvalue weighted by Crippen LogP contribution is -2.49. The molecule has 1 aromatic carbocycles. The Kier molecular flexibility index (Phi) is 5.56. The van der Waals surface area contributed by atoms with E-state index in [-0.39, 0.29) is 5.91 Å². The molecule has 0 aliphatic heterocycles. The second-order valence-electron chi connectivity index (χ2n) is 5.72. The van der Waals surface area contributed by atoms with E-state index < -0.39 is 0 Å². The van der Waals surface area contributed by atoms with Gasteiger partial charge in [0.15, 0.2) is 5.11 Å². The average molecular weight is 305 g/mol. The van der Waals surface area contributed by atoms with Crippen LogP contribution in [0, 0.1) is 13.8 Å². The van der Waals surface area contributed by atoms with E-state index in [1.165, 1.54) is 24.0 Å². The van der Waals surface area contributed by atoms with Crippen molar-refractivity contribution >= 4 is 23.2 Å². The average Bonchev–Trinajstić information content (AvgIpc) is 2.93. The summed E-state index contributed by atoms with van der Waals surface area (Å²) in [4.78, 5) is 11.9. The van der Waals surface area contributed by atoms with Crippen molar-refractivity contribution in [3.05, 3.63) is 34.9 Å². The SMILES string of the molecule is Cc1ccc(CC(=O)NNC(=S)NC2CCCC2)cc1C. The molecule has 4 nitrogen and oxygen atoms in total. The maximum Gasteiger partial charge on any atom is 0.242 e. The summed E-state index contributed by atoms with van der Waals surface area (Å²) in [5.41, 5.74) is 8.87. The third-order valence-corrected chi connectivity index (χ3v) is 4.16. The Morgan fingerprint density at radius 3 is 2.57 bits per heavy atom. The Balaban J connectivity index is 1.73. The zero-order valence-corrected chi connectivity index (χ0v) is 13.5. The van der Waals surface area contributed by atoms with Crippen LogP contribution in [0.25, 0.3) is 0 Å². The smallest absolute Gasteiger partial charge is 0.242 e. The van der Waals surface area contributed by atoms with Crippen LogP contribution in [0.3, 0.4) is 0 Å². The quantitative estimate of drug-likeness (QED) is 0.592. The zero-order valence-electron chi connectivity index (χ0n) is 12.7. The maximum atomic E-state index is 11.9. The van der Waals surface area contributed by atoms with Crippen LogP contribution in [0.1, 0.15) is 42.4 Å². The minimum Gasteiger partial charge on any atom is -0.359 e. The molecule has 1 saturated carbocycles. The van der Waals surface area contributed by atoms with Gasteiger partial charge in [0.05, 0.1) is 6.42 Å². The van der Waals surface area contributed by atoms with E-state index in [0.29, 0.717) is 17.6 Å². The summed E-state index contributed by atoms with van der Waals surface area (Å²) in [6, 6.07) is 6.51. The monoisotopic (exact) mass is 305 g/mol. The molecule has 2 rings (SSSR count). The predicted molar refractivity (Wildman–Crippen MR) is 88.9 cm³/mol. The first-order valence-corrected chi connectivity index (χ1v) is 7.87. The summed E-state index contributed by atoms with van der Waals surface area (Å²) in [6.45, 7) is 4.11. The Bertz CT molecular complexity index is 524. The van der Waals surface area contributed by atoms with Crippen LogP contribution in [0.15, 0.2) is 18.2 Å². The summed E-state index contributed by atoms with van der Waals surface area (Å²) in [7, 11) is 0. The van der Waals surface area contributed by atoms with Crippen molar-refractivity contribution < 1.29 is 4.79 Å². The van der Waals surface area contributed by atoms with Gasteiger partial charge in [-0.1, -0.05) is 31.0 Å². The predicted octanol–water partition coefficient (Wildman–Crippen LogP) is 2.28. The van der Waals surface area contributed by atoms with Crippen LogP contribution in [-0.4, -0.2) is 17.1 Å². The number of hydrogen-bond acceptors (Lipinski definition) is 2. The highest BCUT2D eigenvalue weighted by Crippen LogP contribution is 2.17. The molecule has 5 heteroatoms. The minimum atomic E-state index is -0.0891. The van der Waals surface area contributed by atoms with Gasteiger partial charge in [-0.3, -0.25) is 15.6 Å². The molecule has 1 aliphatic carbocycles. The van der Waals surface area contributed by atoms with Crippen molar-refractivity contribution in [2.75, 3.05) is 0 Å². The van der Waals surface area contributed by atoms with E-state index in [0.717, 1.165) is 18.4 Å². The second-order valence-corrected chi connectivity index (χ2v) is 6.13. The lowest BCUT2D eigenvalue weighted by atomic mass is 10.0. The van der Waals surface area contributed by atoms with Crippen molar-refractivity contribution in [2.24, 2.45) is 0 Å². The fourth-order valence-electron chi connectivity index (χ4n) is 2.56. The molecule has 0 unspecified atom stereocenters. The summed E-state index contributed by atoms with van der Waals surface area (Å²) in [5, 5.41) is 3.72. The van der Waals surface area contributed by atoms with Crippen molar-refractivity contribution in [3.8, 4) is 0 Å². The van der Waals surface area contributed by atoms with Crippen LogP contribution >= 0.6 is 12.2 Å². The highest BCUT2D eigenvalue weighted by atomic mass is 32.1. The lowest BCUT2D eigenvalue weighted by molar-refractivity contribution is -0.121. The highest BCUT2D eigenvalue weighted by Gasteiger charge is 2.15. The molecule has 0 atom stereocenters. The van der Waals surface area contributed by atoms with Gasteiger partial charge >= 0.3 is 0 Å². The van der Waals surface area contributed by atoms with E-state index in [2.05, 4.69) is 30.0 Å². The largest absolute Gasteiger partial charge is 0.359 e. The van der Waals surface area contributed by atoms with Gasteiger partial charge in [-0.15, -0.1) is 0 Å². The Morgan fingerprint density at radius 1 is 1.19 bits per heavy atom. The van der Waals surface area contributed by atoms with Gasteiger partial charge in [0.1, 0.15) is 0 Å². The number of rotatable bonds is 3. The molecule has 1 amide bonds. The van der Waals surface area contributed by atoms with Crippen molar-refractivity contribution in [3.63, 3.8) is 0 Å². The molecule has 0 radical (unpaired) electrons. The number of carbonyl (C=O) groups excluding carboxylic acids is 1. The standard InChI is InChI=1S/C16H23N3OS/c1-11-7-8-13(9-12(11)2)10-15(20)18-19-16(21)17-14-5-3-4-6-14/h7-9,14H,3-6,10H2,1-2H3,(H,18,20)(H2,17,19,21). The van der Waals surface area contributed by atoms with Crippen molar-refractivity contribution in [1.29, 1.82) is 0 Å². The minimum absolute atomic E-state index is 0.0891. The van der Waals surface area contributed by atoms with Gasteiger partial charge in [-0.05, 0) is 55.6 Å². The molecule has 0 bridgehead atoms. The van der Waals surface area contributed by atoms with Crippen LogP contribution in [0.5, 0.6) is 0 Å². The molecule has 0 saturated heterocycles. The topological polar surface area (TPSA) is 53.2 Å². The fraction of sp³-hybridized carbons (Fsp3) is 0.500. The van der Waals surface area contributed by atoms with Gasteiger partial charge < -0.3 is 5.32 Å². The summed E-state index contributed by atoms with van der Waals surface area (Å²) in [5.74, 6) is -0.0891. The first-order chi connectivity index (χ1) is 10.0. The first kappa shape index (κ1) is 15.8. The fourth-order valence-corrected chi connectivity index (χ4v) is 2.78. The number of hydrazine groups is 1. The number of thiocarbonyl (C=S) groups is 1. The Hall–Kier alpha value is -1.62. The van der Waals surface area contributed by atoms with Crippen molar-refractivity contribution in [1.82, 2.24) is 16.2 Å². The molecular weight excluding hydrogens is 282 g/mol. The van der Waals surface area contributed by atoms with Gasteiger partial charge in [0, 0.05) is 6.04 Å². The summed E-state index contributed by atoms with van der Waals surface area (Å²) >= 11 is 5.17. The molecule has 0 spiro atoms. The van der Waals surface area contributed by atoms with Gasteiger partial charge in [0.2, 0.25) is 5.91 Å². The third-order valence-electron chi connectivity index (χ3n) is 3.94. The van der Waals surface area contributed by atoms with E-state index in [4.69, 9.17) is 12.2 Å². The van der Waals surface area contributed by atoms with Gasteiger partial charge in [-0.2, -0.15) is 0 Å². The van der Waals surface area contributed by atoms with Crippen LogP contribution in [-0.2, 0) is 11.2 Å². The number of aryl methyl sites for hydroxylation is 2. The van der Waals surface area contributed by atoms with E-state index in [9.17, 15) is 4.79 Å². The third kappa shape index (κ3) is 5.01. The van der Waals surface area contributed by atoms with Gasteiger partial charge in [0.25, 0.3) is 0 Å². The molecule has 0 heterocycles. The number of hydrogen-bond donors (Lipinski definition) is 3. The van der Waals surface area contributed by atoms with Crippen molar-refractivity contribution in [2.45, 2.75) is 52.0 Å². The molecule has 21 heavy (non-hydrogen) atoms. The highest BCUT2D eigenvalue weighted by molar-refractivity contribution is 7.80. The molecule has 1 aromatic rings. The zero-order chi connectivity index (χ0) is 15.2. The Morgan fingerprint density at radius 2 is 1.90 bits per heavy atom. The van der Waals surface area contributed by atoms with E-state index in [1.807, 2.05) is 18.2 Å².